The number of nitrogens with one attached hydrogen (secondary N) is 1. The summed E-state index contributed by atoms with van der Waals surface area (Å²) in [6.07, 6.45) is 8.13. The summed E-state index contributed by atoms with van der Waals surface area (Å²) in [6, 6.07) is 10.3. The molecule has 1 N–H and O–H groups in total. The van der Waals surface area contributed by atoms with Crippen LogP contribution in [-0.4, -0.2) is 61.0 Å². The fourth-order valence-electron chi connectivity index (χ4n) is 3.99. The summed E-state index contributed by atoms with van der Waals surface area (Å²) in [4.78, 5) is 17.2. The summed E-state index contributed by atoms with van der Waals surface area (Å²) < 4.78 is 0. The Kier molecular flexibility index (Phi) is 6.67. The van der Waals surface area contributed by atoms with E-state index in [2.05, 4.69) is 15.1 Å². The number of rotatable bonds is 6. The van der Waals surface area contributed by atoms with Crippen LogP contribution in [-0.2, 0) is 0 Å². The van der Waals surface area contributed by atoms with Crippen LogP contribution in [0.4, 0.5) is 0 Å². The molecule has 0 aromatic heterocycles. The second-order valence-corrected chi connectivity index (χ2v) is 7.14. The molecule has 2 aliphatic rings. The van der Waals surface area contributed by atoms with Crippen LogP contribution in [0.25, 0.3) is 0 Å². The highest BCUT2D eigenvalue weighted by Gasteiger charge is 2.24. The van der Waals surface area contributed by atoms with Gasteiger partial charge < -0.3 is 10.2 Å². The number of nitrogens with zero attached hydrogens (tertiary/aromatic N) is 2. The van der Waals surface area contributed by atoms with Crippen molar-refractivity contribution in [2.24, 2.45) is 0 Å². The third-order valence-electron chi connectivity index (χ3n) is 5.47. The Balaban J connectivity index is 1.29. The SMILES string of the molecule is O=C(NCCCN1CCN(C2CCCCC2)CC1)c1ccccc1. The minimum absolute atomic E-state index is 0.0396. The van der Waals surface area contributed by atoms with Crippen LogP contribution in [0.15, 0.2) is 30.3 Å². The lowest BCUT2D eigenvalue weighted by Gasteiger charge is -2.40. The second kappa shape index (κ2) is 9.19. The molecule has 1 aromatic rings. The van der Waals surface area contributed by atoms with E-state index in [1.165, 1.54) is 58.3 Å². The minimum atomic E-state index is 0.0396. The van der Waals surface area contributed by atoms with Crippen LogP contribution in [0.5, 0.6) is 0 Å². The van der Waals surface area contributed by atoms with Gasteiger partial charge in [-0.05, 0) is 37.9 Å². The topological polar surface area (TPSA) is 35.6 Å². The highest BCUT2D eigenvalue weighted by atomic mass is 16.1. The second-order valence-electron chi connectivity index (χ2n) is 7.14. The van der Waals surface area contributed by atoms with Crippen molar-refractivity contribution in [3.63, 3.8) is 0 Å². The lowest BCUT2D eigenvalue weighted by Crippen LogP contribution is -2.51. The Morgan fingerprint density at radius 3 is 2.42 bits per heavy atom. The van der Waals surface area contributed by atoms with Crippen molar-refractivity contribution in [3.8, 4) is 0 Å². The Hall–Kier alpha value is -1.39. The number of carbonyl (C=O) groups is 1. The van der Waals surface area contributed by atoms with Gasteiger partial charge in [-0.3, -0.25) is 9.69 Å². The molecule has 1 aliphatic heterocycles. The summed E-state index contributed by atoms with van der Waals surface area (Å²) in [7, 11) is 0. The fourth-order valence-corrected chi connectivity index (χ4v) is 3.99. The molecule has 1 heterocycles. The lowest BCUT2D eigenvalue weighted by molar-refractivity contribution is 0.0779. The summed E-state index contributed by atoms with van der Waals surface area (Å²) >= 11 is 0. The summed E-state index contributed by atoms with van der Waals surface area (Å²) in [5, 5.41) is 3.02. The van der Waals surface area contributed by atoms with E-state index in [4.69, 9.17) is 0 Å². The molecule has 1 aromatic carbocycles. The van der Waals surface area contributed by atoms with E-state index in [0.29, 0.717) is 0 Å². The van der Waals surface area contributed by atoms with Crippen molar-refractivity contribution >= 4 is 5.91 Å². The molecule has 0 bridgehead atoms. The standard InChI is InChI=1S/C20H31N3O/c24-20(18-8-3-1-4-9-18)21-12-7-13-22-14-16-23(17-15-22)19-10-5-2-6-11-19/h1,3-4,8-9,19H,2,5-7,10-17H2,(H,21,24). The van der Waals surface area contributed by atoms with Gasteiger partial charge in [0.05, 0.1) is 0 Å². The van der Waals surface area contributed by atoms with Crippen molar-refractivity contribution in [3.05, 3.63) is 35.9 Å². The zero-order chi connectivity index (χ0) is 16.6. The van der Waals surface area contributed by atoms with Gasteiger partial charge in [0.15, 0.2) is 0 Å². The van der Waals surface area contributed by atoms with Gasteiger partial charge >= 0.3 is 0 Å². The molecule has 24 heavy (non-hydrogen) atoms. The third kappa shape index (κ3) is 5.05. The number of piperazine rings is 1. The van der Waals surface area contributed by atoms with Crippen molar-refractivity contribution in [1.29, 1.82) is 0 Å². The smallest absolute Gasteiger partial charge is 0.251 e. The van der Waals surface area contributed by atoms with Crippen LogP contribution < -0.4 is 5.32 Å². The first-order chi connectivity index (χ1) is 11.8. The third-order valence-corrected chi connectivity index (χ3v) is 5.47. The molecule has 4 nitrogen and oxygen atoms in total. The summed E-state index contributed by atoms with van der Waals surface area (Å²) in [5.74, 6) is 0.0396. The maximum atomic E-state index is 12.0. The molecule has 1 amide bonds. The fraction of sp³-hybridized carbons (Fsp3) is 0.650. The maximum Gasteiger partial charge on any atom is 0.251 e. The van der Waals surface area contributed by atoms with E-state index in [0.717, 1.165) is 31.1 Å². The van der Waals surface area contributed by atoms with Gasteiger partial charge in [0.1, 0.15) is 0 Å². The minimum Gasteiger partial charge on any atom is -0.352 e. The Bertz CT molecular complexity index is 491. The molecule has 3 rings (SSSR count). The number of carbonyl (C=O) groups excluding carboxylic acids is 1. The van der Waals surface area contributed by atoms with Crippen molar-refractivity contribution in [2.75, 3.05) is 39.3 Å². The van der Waals surface area contributed by atoms with E-state index in [9.17, 15) is 4.79 Å². The molecular weight excluding hydrogens is 298 g/mol. The van der Waals surface area contributed by atoms with E-state index in [-0.39, 0.29) is 5.91 Å². The largest absolute Gasteiger partial charge is 0.352 e. The average Bonchev–Trinajstić information content (AvgIpc) is 2.67. The quantitative estimate of drug-likeness (QED) is 0.815. The van der Waals surface area contributed by atoms with E-state index >= 15 is 0 Å². The predicted octanol–water partition coefficient (Wildman–Crippen LogP) is 2.76. The molecule has 1 saturated carbocycles. The summed E-state index contributed by atoms with van der Waals surface area (Å²) in [6.45, 7) is 6.67. The Morgan fingerprint density at radius 1 is 1.00 bits per heavy atom. The predicted molar refractivity (Wildman–Crippen MR) is 98.3 cm³/mol. The van der Waals surface area contributed by atoms with Gasteiger partial charge in [0, 0.05) is 44.3 Å². The van der Waals surface area contributed by atoms with Crippen molar-refractivity contribution in [1.82, 2.24) is 15.1 Å². The van der Waals surface area contributed by atoms with E-state index in [1.807, 2.05) is 30.3 Å². The highest BCUT2D eigenvalue weighted by Crippen LogP contribution is 2.23. The van der Waals surface area contributed by atoms with Crippen LogP contribution >= 0.6 is 0 Å². The highest BCUT2D eigenvalue weighted by molar-refractivity contribution is 5.94. The zero-order valence-corrected chi connectivity index (χ0v) is 14.8. The number of hydrogen-bond acceptors (Lipinski definition) is 3. The zero-order valence-electron chi connectivity index (χ0n) is 14.8. The van der Waals surface area contributed by atoms with Crippen LogP contribution in [0.2, 0.25) is 0 Å². The van der Waals surface area contributed by atoms with Crippen LogP contribution in [0, 0.1) is 0 Å². The van der Waals surface area contributed by atoms with Gasteiger partial charge in [0.2, 0.25) is 0 Å². The Labute approximate surface area is 146 Å². The molecule has 4 heteroatoms. The average molecular weight is 329 g/mol. The number of amides is 1. The van der Waals surface area contributed by atoms with Crippen molar-refractivity contribution in [2.45, 2.75) is 44.6 Å². The monoisotopic (exact) mass is 329 g/mol. The van der Waals surface area contributed by atoms with Crippen LogP contribution in [0.3, 0.4) is 0 Å². The normalized spacial score (nSPS) is 20.8. The first kappa shape index (κ1) is 17.4. The number of hydrogen-bond donors (Lipinski definition) is 1. The Morgan fingerprint density at radius 2 is 1.71 bits per heavy atom. The van der Waals surface area contributed by atoms with Gasteiger partial charge in [-0.2, -0.15) is 0 Å². The molecular formula is C20H31N3O. The van der Waals surface area contributed by atoms with Crippen molar-refractivity contribution < 1.29 is 4.79 Å². The summed E-state index contributed by atoms with van der Waals surface area (Å²) in [5.41, 5.74) is 0.749. The van der Waals surface area contributed by atoms with E-state index in [1.54, 1.807) is 0 Å². The lowest BCUT2D eigenvalue weighted by atomic mass is 9.94. The molecule has 0 unspecified atom stereocenters. The van der Waals surface area contributed by atoms with E-state index < -0.39 is 0 Å². The molecule has 1 saturated heterocycles. The molecule has 0 atom stereocenters. The molecule has 1 aliphatic carbocycles. The molecule has 132 valence electrons. The maximum absolute atomic E-state index is 12.0. The van der Waals surface area contributed by atoms with Crippen LogP contribution in [0.1, 0.15) is 48.9 Å². The first-order valence-corrected chi connectivity index (χ1v) is 9.62. The number of benzene rings is 1. The van der Waals surface area contributed by atoms with Gasteiger partial charge in [0.25, 0.3) is 5.91 Å². The van der Waals surface area contributed by atoms with Gasteiger partial charge in [-0.25, -0.2) is 0 Å². The first-order valence-electron chi connectivity index (χ1n) is 9.62. The van der Waals surface area contributed by atoms with Gasteiger partial charge in [-0.15, -0.1) is 0 Å². The molecule has 0 spiro atoms. The van der Waals surface area contributed by atoms with Gasteiger partial charge in [-0.1, -0.05) is 37.5 Å². The molecule has 0 radical (unpaired) electrons. The molecule has 2 fully saturated rings.